The maximum Gasteiger partial charge on any atom is 0.306 e. The van der Waals surface area contributed by atoms with Crippen LogP contribution in [0.4, 0.5) is 0 Å². The highest BCUT2D eigenvalue weighted by molar-refractivity contribution is 5.70. The summed E-state index contributed by atoms with van der Waals surface area (Å²) in [6.07, 6.45) is 45.2. The van der Waals surface area contributed by atoms with Gasteiger partial charge in [0.2, 0.25) is 0 Å². The second kappa shape index (κ2) is 42.1. The molecule has 0 radical (unpaired) electrons. The molecule has 0 saturated heterocycles. The van der Waals surface area contributed by atoms with Crippen molar-refractivity contribution in [2.75, 3.05) is 19.8 Å². The molecule has 0 aromatic heterocycles. The standard InChI is InChI=1S/C45H86O5/c1-4-7-10-13-15-17-19-20-21-22-23-24-25-27-29-31-34-37-40-48-41-43(50-45(47)39-36-32-12-9-6-3)42-49-44(46)38-35-33-30-28-26-18-16-14-11-8-5-2/h14,16,43H,4-13,15,17-42H2,1-3H3/b16-14-. The molecule has 1 atom stereocenters. The fraction of sp³-hybridized carbons (Fsp3) is 0.911. The Hall–Kier alpha value is -1.36. The Morgan fingerprint density at radius 1 is 0.420 bits per heavy atom. The van der Waals surface area contributed by atoms with E-state index in [2.05, 4.69) is 32.9 Å². The summed E-state index contributed by atoms with van der Waals surface area (Å²) in [5.74, 6) is -0.410. The van der Waals surface area contributed by atoms with Gasteiger partial charge in [-0.15, -0.1) is 0 Å². The van der Waals surface area contributed by atoms with Crippen LogP contribution in [0.25, 0.3) is 0 Å². The largest absolute Gasteiger partial charge is 0.462 e. The highest BCUT2D eigenvalue weighted by Gasteiger charge is 2.17. The van der Waals surface area contributed by atoms with E-state index in [-0.39, 0.29) is 18.5 Å². The first-order valence-electron chi connectivity index (χ1n) is 22.2. The fourth-order valence-corrected chi connectivity index (χ4v) is 6.43. The van der Waals surface area contributed by atoms with E-state index < -0.39 is 6.10 Å². The number of carbonyl (C=O) groups is 2. The molecule has 1 unspecified atom stereocenters. The van der Waals surface area contributed by atoms with E-state index in [9.17, 15) is 9.59 Å². The molecule has 0 aromatic rings. The first kappa shape index (κ1) is 48.6. The monoisotopic (exact) mass is 707 g/mol. The molecule has 0 aromatic carbocycles. The quantitative estimate of drug-likeness (QED) is 0.0360. The van der Waals surface area contributed by atoms with Crippen LogP contribution in [0.3, 0.4) is 0 Å². The predicted molar refractivity (Wildman–Crippen MR) is 215 cm³/mol. The molecular weight excluding hydrogens is 620 g/mol. The molecule has 0 amide bonds. The van der Waals surface area contributed by atoms with Crippen LogP contribution in [0.15, 0.2) is 12.2 Å². The number of esters is 2. The lowest BCUT2D eigenvalue weighted by molar-refractivity contribution is -0.163. The lowest BCUT2D eigenvalue weighted by Crippen LogP contribution is -2.30. The lowest BCUT2D eigenvalue weighted by atomic mass is 10.0. The van der Waals surface area contributed by atoms with E-state index in [1.165, 1.54) is 154 Å². The van der Waals surface area contributed by atoms with Gasteiger partial charge in [0.1, 0.15) is 6.61 Å². The molecule has 0 bridgehead atoms. The Balaban J connectivity index is 3.99. The Morgan fingerprint density at radius 3 is 1.28 bits per heavy atom. The molecule has 0 aliphatic carbocycles. The second-order valence-electron chi connectivity index (χ2n) is 15.0. The summed E-state index contributed by atoms with van der Waals surface area (Å²) in [6, 6.07) is 0. The van der Waals surface area contributed by atoms with Gasteiger partial charge >= 0.3 is 11.9 Å². The minimum Gasteiger partial charge on any atom is -0.462 e. The highest BCUT2D eigenvalue weighted by Crippen LogP contribution is 2.15. The zero-order valence-electron chi connectivity index (χ0n) is 33.9. The molecule has 5 heteroatoms. The Morgan fingerprint density at radius 2 is 0.800 bits per heavy atom. The smallest absolute Gasteiger partial charge is 0.306 e. The molecule has 296 valence electrons. The second-order valence-corrected chi connectivity index (χ2v) is 15.0. The number of carbonyl (C=O) groups excluding carboxylic acids is 2. The van der Waals surface area contributed by atoms with Crippen molar-refractivity contribution in [2.45, 2.75) is 245 Å². The number of rotatable bonds is 41. The third-order valence-electron chi connectivity index (χ3n) is 9.80. The van der Waals surface area contributed by atoms with E-state index in [0.29, 0.717) is 26.1 Å². The maximum atomic E-state index is 12.5. The molecule has 5 nitrogen and oxygen atoms in total. The summed E-state index contributed by atoms with van der Waals surface area (Å²) in [7, 11) is 0. The Kier molecular flexibility index (Phi) is 40.9. The van der Waals surface area contributed by atoms with Crippen LogP contribution in [-0.4, -0.2) is 37.9 Å². The van der Waals surface area contributed by atoms with Crippen LogP contribution in [0.2, 0.25) is 0 Å². The van der Waals surface area contributed by atoms with Crippen molar-refractivity contribution in [3.05, 3.63) is 12.2 Å². The Labute approximate surface area is 312 Å². The number of unbranched alkanes of at least 4 members (excludes halogenated alkanes) is 28. The van der Waals surface area contributed by atoms with Gasteiger partial charge in [-0.2, -0.15) is 0 Å². The lowest BCUT2D eigenvalue weighted by Gasteiger charge is -2.18. The van der Waals surface area contributed by atoms with Gasteiger partial charge in [-0.1, -0.05) is 200 Å². The van der Waals surface area contributed by atoms with Crippen LogP contribution >= 0.6 is 0 Å². The van der Waals surface area contributed by atoms with E-state index >= 15 is 0 Å². The van der Waals surface area contributed by atoms with Crippen LogP contribution in [0, 0.1) is 0 Å². The van der Waals surface area contributed by atoms with Crippen molar-refractivity contribution in [2.24, 2.45) is 0 Å². The highest BCUT2D eigenvalue weighted by atomic mass is 16.6. The molecule has 0 saturated carbocycles. The normalized spacial score (nSPS) is 12.1. The van der Waals surface area contributed by atoms with Gasteiger partial charge in [0.25, 0.3) is 0 Å². The number of allylic oxidation sites excluding steroid dienone is 2. The molecule has 0 N–H and O–H groups in total. The summed E-state index contributed by atoms with van der Waals surface area (Å²) in [5.41, 5.74) is 0. The van der Waals surface area contributed by atoms with Crippen LogP contribution < -0.4 is 0 Å². The first-order valence-corrected chi connectivity index (χ1v) is 22.2. The van der Waals surface area contributed by atoms with Gasteiger partial charge in [-0.3, -0.25) is 9.59 Å². The minimum atomic E-state index is -0.525. The zero-order chi connectivity index (χ0) is 36.4. The van der Waals surface area contributed by atoms with Crippen molar-refractivity contribution >= 4 is 11.9 Å². The SMILES string of the molecule is CCCC/C=C\CCCCCCCC(=O)OCC(COCCCCCCCCCCCCCCCCCCCC)OC(=O)CCCCCCC. The summed E-state index contributed by atoms with van der Waals surface area (Å²) in [6.45, 7) is 7.75. The minimum absolute atomic E-state index is 0.0872. The van der Waals surface area contributed by atoms with Gasteiger partial charge < -0.3 is 14.2 Å². The number of hydrogen-bond donors (Lipinski definition) is 0. The van der Waals surface area contributed by atoms with Gasteiger partial charge in [0.15, 0.2) is 6.10 Å². The summed E-state index contributed by atoms with van der Waals surface area (Å²) in [5, 5.41) is 0. The van der Waals surface area contributed by atoms with Gasteiger partial charge in [0.05, 0.1) is 6.61 Å². The van der Waals surface area contributed by atoms with E-state index in [0.717, 1.165) is 51.4 Å². The van der Waals surface area contributed by atoms with Crippen molar-refractivity contribution < 1.29 is 23.8 Å². The number of ether oxygens (including phenoxy) is 3. The average molecular weight is 707 g/mol. The zero-order valence-corrected chi connectivity index (χ0v) is 33.9. The Bertz CT molecular complexity index is 720. The third kappa shape index (κ3) is 39.4. The van der Waals surface area contributed by atoms with Gasteiger partial charge in [-0.25, -0.2) is 0 Å². The molecule has 0 fully saturated rings. The summed E-state index contributed by atoms with van der Waals surface area (Å²) in [4.78, 5) is 24.9. The van der Waals surface area contributed by atoms with Crippen molar-refractivity contribution in [3.8, 4) is 0 Å². The van der Waals surface area contributed by atoms with Crippen molar-refractivity contribution in [1.82, 2.24) is 0 Å². The van der Waals surface area contributed by atoms with E-state index in [1.54, 1.807) is 0 Å². The van der Waals surface area contributed by atoms with Crippen LogP contribution in [0.5, 0.6) is 0 Å². The topological polar surface area (TPSA) is 61.8 Å². The molecule has 0 spiro atoms. The summed E-state index contributed by atoms with van der Waals surface area (Å²) >= 11 is 0. The molecule has 50 heavy (non-hydrogen) atoms. The van der Waals surface area contributed by atoms with E-state index in [4.69, 9.17) is 14.2 Å². The molecular formula is C45H86O5. The third-order valence-corrected chi connectivity index (χ3v) is 9.80. The predicted octanol–water partition coefficient (Wildman–Crippen LogP) is 14.3. The first-order chi connectivity index (χ1) is 24.6. The molecule has 0 aliphatic rings. The summed E-state index contributed by atoms with van der Waals surface area (Å²) < 4.78 is 17.2. The van der Waals surface area contributed by atoms with Gasteiger partial charge in [0, 0.05) is 19.4 Å². The van der Waals surface area contributed by atoms with Gasteiger partial charge in [-0.05, 0) is 38.5 Å². The molecule has 0 heterocycles. The van der Waals surface area contributed by atoms with Crippen molar-refractivity contribution in [1.29, 1.82) is 0 Å². The fourth-order valence-electron chi connectivity index (χ4n) is 6.43. The van der Waals surface area contributed by atoms with Crippen LogP contribution in [0.1, 0.15) is 239 Å². The molecule has 0 rings (SSSR count). The average Bonchev–Trinajstić information content (AvgIpc) is 3.11. The van der Waals surface area contributed by atoms with Crippen molar-refractivity contribution in [3.63, 3.8) is 0 Å². The number of hydrogen-bond acceptors (Lipinski definition) is 5. The maximum absolute atomic E-state index is 12.5. The molecule has 0 aliphatic heterocycles. The van der Waals surface area contributed by atoms with Crippen LogP contribution in [-0.2, 0) is 23.8 Å². The van der Waals surface area contributed by atoms with E-state index in [1.807, 2.05) is 0 Å².